The number of hydrogen-bond acceptors (Lipinski definition) is 3. The van der Waals surface area contributed by atoms with E-state index in [9.17, 15) is 10.1 Å². The van der Waals surface area contributed by atoms with Crippen molar-refractivity contribution in [1.29, 1.82) is 0 Å². The number of aryl methyl sites for hydroxylation is 2. The van der Waals surface area contributed by atoms with Crippen LogP contribution in [0.1, 0.15) is 11.1 Å². The number of thiocarbonyl (C=S) groups is 1. The maximum absolute atomic E-state index is 11.2. The summed E-state index contributed by atoms with van der Waals surface area (Å²) in [5, 5.41) is 18.0. The molecule has 3 aromatic carbocycles. The zero-order valence-corrected chi connectivity index (χ0v) is 15.8. The van der Waals surface area contributed by atoms with E-state index < -0.39 is 0 Å². The van der Waals surface area contributed by atoms with E-state index in [4.69, 9.17) is 12.2 Å². The number of para-hydroxylation sites is 1. The molecule has 0 radical (unpaired) electrons. The quantitative estimate of drug-likeness (QED) is 0.347. The molecule has 0 heterocycles. The second-order valence-electron chi connectivity index (χ2n) is 6.25. The third kappa shape index (κ3) is 4.48. The lowest BCUT2D eigenvalue weighted by Gasteiger charge is -2.13. The van der Waals surface area contributed by atoms with Crippen molar-refractivity contribution < 1.29 is 4.92 Å². The van der Waals surface area contributed by atoms with Gasteiger partial charge in [0.15, 0.2) is 5.11 Å². The third-order valence-corrected chi connectivity index (χ3v) is 4.39. The molecule has 0 amide bonds. The number of nitrogens with one attached hydrogen (secondary N) is 2. The predicted octanol–water partition coefficient (Wildman–Crippen LogP) is 5.69. The first-order valence-corrected chi connectivity index (χ1v) is 8.84. The highest BCUT2D eigenvalue weighted by atomic mass is 32.1. The molecule has 0 aliphatic heterocycles. The van der Waals surface area contributed by atoms with E-state index in [1.807, 2.05) is 50.2 Å². The Morgan fingerprint density at radius 3 is 2.33 bits per heavy atom. The van der Waals surface area contributed by atoms with Gasteiger partial charge in [-0.3, -0.25) is 10.1 Å². The second-order valence-corrected chi connectivity index (χ2v) is 6.66. The third-order valence-electron chi connectivity index (χ3n) is 4.18. The van der Waals surface area contributed by atoms with Gasteiger partial charge in [-0.2, -0.15) is 0 Å². The van der Waals surface area contributed by atoms with Gasteiger partial charge in [0.25, 0.3) is 5.69 Å². The molecule has 0 unspecified atom stereocenters. The van der Waals surface area contributed by atoms with Crippen molar-refractivity contribution in [2.45, 2.75) is 13.8 Å². The molecule has 6 heteroatoms. The Kier molecular flexibility index (Phi) is 5.47. The molecule has 0 aromatic heterocycles. The van der Waals surface area contributed by atoms with Gasteiger partial charge in [0, 0.05) is 17.4 Å². The van der Waals surface area contributed by atoms with Gasteiger partial charge in [-0.25, -0.2) is 0 Å². The summed E-state index contributed by atoms with van der Waals surface area (Å²) in [6.45, 7) is 4.07. The van der Waals surface area contributed by atoms with Gasteiger partial charge in [-0.05, 0) is 61.5 Å². The highest BCUT2D eigenvalue weighted by Crippen LogP contribution is 2.30. The van der Waals surface area contributed by atoms with Crippen LogP contribution in [0.3, 0.4) is 0 Å². The number of benzene rings is 3. The summed E-state index contributed by atoms with van der Waals surface area (Å²) >= 11 is 5.38. The zero-order chi connectivity index (χ0) is 19.4. The minimum Gasteiger partial charge on any atom is -0.332 e. The Bertz CT molecular complexity index is 1000. The van der Waals surface area contributed by atoms with Gasteiger partial charge >= 0.3 is 0 Å². The van der Waals surface area contributed by atoms with Crippen molar-refractivity contribution in [2.75, 3.05) is 10.6 Å². The van der Waals surface area contributed by atoms with E-state index in [0.717, 1.165) is 22.5 Å². The molecule has 0 aliphatic carbocycles. The van der Waals surface area contributed by atoms with Crippen molar-refractivity contribution in [3.05, 3.63) is 88.0 Å². The molecule has 3 aromatic rings. The summed E-state index contributed by atoms with van der Waals surface area (Å²) in [6.07, 6.45) is 0. The Labute approximate surface area is 163 Å². The van der Waals surface area contributed by atoms with E-state index in [2.05, 4.69) is 16.7 Å². The first-order valence-electron chi connectivity index (χ1n) is 8.43. The maximum atomic E-state index is 11.2. The molecule has 0 aliphatic rings. The van der Waals surface area contributed by atoms with Crippen LogP contribution in [-0.2, 0) is 0 Å². The lowest BCUT2D eigenvalue weighted by molar-refractivity contribution is -0.384. The fourth-order valence-electron chi connectivity index (χ4n) is 2.85. The summed E-state index contributed by atoms with van der Waals surface area (Å²) < 4.78 is 0. The minimum absolute atomic E-state index is 0.0882. The summed E-state index contributed by atoms with van der Waals surface area (Å²) in [7, 11) is 0. The average Bonchev–Trinajstić information content (AvgIpc) is 2.64. The fourth-order valence-corrected chi connectivity index (χ4v) is 3.08. The summed E-state index contributed by atoms with van der Waals surface area (Å²) in [4.78, 5) is 10.8. The van der Waals surface area contributed by atoms with Gasteiger partial charge < -0.3 is 10.6 Å². The van der Waals surface area contributed by atoms with E-state index in [1.54, 1.807) is 18.2 Å². The van der Waals surface area contributed by atoms with Gasteiger partial charge in [-0.1, -0.05) is 42.0 Å². The SMILES string of the molecule is Cc1ccc(NC(=S)Nc2ccc(-c3ccccc3[N+](=O)[O-])cc2)c(C)c1. The molecule has 0 bridgehead atoms. The van der Waals surface area contributed by atoms with Crippen molar-refractivity contribution in [3.8, 4) is 11.1 Å². The zero-order valence-electron chi connectivity index (χ0n) is 15.0. The Morgan fingerprint density at radius 1 is 0.963 bits per heavy atom. The van der Waals surface area contributed by atoms with E-state index >= 15 is 0 Å². The van der Waals surface area contributed by atoms with Gasteiger partial charge in [0.1, 0.15) is 0 Å². The minimum atomic E-state index is -0.371. The van der Waals surface area contributed by atoms with E-state index in [-0.39, 0.29) is 10.6 Å². The lowest BCUT2D eigenvalue weighted by Crippen LogP contribution is -2.19. The van der Waals surface area contributed by atoms with Crippen LogP contribution in [0.4, 0.5) is 17.1 Å². The van der Waals surface area contributed by atoms with Crippen LogP contribution in [0.15, 0.2) is 66.7 Å². The molecule has 2 N–H and O–H groups in total. The molecule has 0 saturated heterocycles. The smallest absolute Gasteiger partial charge is 0.277 e. The molecule has 5 nitrogen and oxygen atoms in total. The number of nitro benzene ring substituents is 1. The molecule has 27 heavy (non-hydrogen) atoms. The van der Waals surface area contributed by atoms with Crippen LogP contribution in [0, 0.1) is 24.0 Å². The van der Waals surface area contributed by atoms with E-state index in [1.165, 1.54) is 11.6 Å². The summed E-state index contributed by atoms with van der Waals surface area (Å²) in [5.74, 6) is 0. The van der Waals surface area contributed by atoms with Crippen molar-refractivity contribution >= 4 is 34.4 Å². The Hall–Kier alpha value is -3.25. The summed E-state index contributed by atoms with van der Waals surface area (Å²) in [5.41, 5.74) is 5.53. The molecule has 0 fully saturated rings. The van der Waals surface area contributed by atoms with Crippen LogP contribution >= 0.6 is 12.2 Å². The number of nitro groups is 1. The predicted molar refractivity (Wildman–Crippen MR) is 114 cm³/mol. The van der Waals surface area contributed by atoms with Crippen molar-refractivity contribution in [1.82, 2.24) is 0 Å². The van der Waals surface area contributed by atoms with Crippen LogP contribution in [0.5, 0.6) is 0 Å². The molecule has 0 saturated carbocycles. The first-order chi connectivity index (χ1) is 12.9. The fraction of sp³-hybridized carbons (Fsp3) is 0.0952. The van der Waals surface area contributed by atoms with Crippen LogP contribution in [-0.4, -0.2) is 10.0 Å². The molecular weight excluding hydrogens is 358 g/mol. The van der Waals surface area contributed by atoms with Crippen molar-refractivity contribution in [3.63, 3.8) is 0 Å². The summed E-state index contributed by atoms with van der Waals surface area (Å²) in [6, 6.07) is 20.2. The molecule has 136 valence electrons. The Morgan fingerprint density at radius 2 is 1.67 bits per heavy atom. The highest BCUT2D eigenvalue weighted by molar-refractivity contribution is 7.80. The normalized spacial score (nSPS) is 10.3. The topological polar surface area (TPSA) is 67.2 Å². The van der Waals surface area contributed by atoms with Gasteiger partial charge in [0.05, 0.1) is 10.5 Å². The van der Waals surface area contributed by atoms with Crippen LogP contribution < -0.4 is 10.6 Å². The average molecular weight is 377 g/mol. The number of anilines is 2. The van der Waals surface area contributed by atoms with Crippen LogP contribution in [0.2, 0.25) is 0 Å². The lowest BCUT2D eigenvalue weighted by atomic mass is 10.0. The largest absolute Gasteiger partial charge is 0.332 e. The molecular formula is C21H19N3O2S. The first kappa shape index (κ1) is 18.5. The number of nitrogens with zero attached hydrogens (tertiary/aromatic N) is 1. The van der Waals surface area contributed by atoms with E-state index in [0.29, 0.717) is 10.7 Å². The standard InChI is InChI=1S/C21H19N3O2S/c1-14-7-12-19(15(2)13-14)23-21(27)22-17-10-8-16(9-11-17)18-5-3-4-6-20(18)24(25)26/h3-13H,1-2H3,(H2,22,23,27). The highest BCUT2D eigenvalue weighted by Gasteiger charge is 2.13. The molecule has 0 spiro atoms. The molecule has 3 rings (SSSR count). The Balaban J connectivity index is 1.73. The van der Waals surface area contributed by atoms with Crippen molar-refractivity contribution in [2.24, 2.45) is 0 Å². The van der Waals surface area contributed by atoms with Gasteiger partial charge in [0.2, 0.25) is 0 Å². The monoisotopic (exact) mass is 377 g/mol. The number of hydrogen-bond donors (Lipinski definition) is 2. The second kappa shape index (κ2) is 7.97. The van der Waals surface area contributed by atoms with Gasteiger partial charge in [-0.15, -0.1) is 0 Å². The number of rotatable bonds is 4. The van der Waals surface area contributed by atoms with Crippen LogP contribution in [0.25, 0.3) is 11.1 Å². The molecule has 0 atom stereocenters. The maximum Gasteiger partial charge on any atom is 0.277 e.